The van der Waals surface area contributed by atoms with Gasteiger partial charge in [-0.15, -0.1) is 10.2 Å². The third-order valence-corrected chi connectivity index (χ3v) is 5.50. The number of H-pyrrole nitrogens is 1. The number of thioether (sulfide) groups is 1. The summed E-state index contributed by atoms with van der Waals surface area (Å²) in [5.41, 5.74) is 2.81. The topological polar surface area (TPSA) is 83.2 Å². The van der Waals surface area contributed by atoms with Crippen LogP contribution in [0.15, 0.2) is 84.3 Å². The number of hydrogen-bond donors (Lipinski definition) is 1. The van der Waals surface area contributed by atoms with Crippen LogP contribution in [-0.4, -0.2) is 33.5 Å². The van der Waals surface area contributed by atoms with E-state index in [-0.39, 0.29) is 11.7 Å². The highest BCUT2D eigenvalue weighted by atomic mass is 32.2. The van der Waals surface area contributed by atoms with Crippen LogP contribution in [0.25, 0.3) is 17.1 Å². The van der Waals surface area contributed by atoms with Gasteiger partial charge in [-0.1, -0.05) is 42.1 Å². The first-order valence-corrected chi connectivity index (χ1v) is 10.7. The minimum absolute atomic E-state index is 0.0700. The molecular formula is C23H22N5O2S+. The highest BCUT2D eigenvalue weighted by Crippen LogP contribution is 2.29. The predicted octanol–water partition coefficient (Wildman–Crippen LogP) is 3.17. The van der Waals surface area contributed by atoms with Crippen molar-refractivity contribution in [3.63, 3.8) is 0 Å². The molecule has 2 heterocycles. The molecule has 0 saturated carbocycles. The van der Waals surface area contributed by atoms with Crippen molar-refractivity contribution in [3.05, 3.63) is 84.7 Å². The summed E-state index contributed by atoms with van der Waals surface area (Å²) in [7, 11) is 1.63. The molecule has 0 radical (unpaired) electrons. The zero-order valence-corrected chi connectivity index (χ0v) is 17.8. The Labute approximate surface area is 184 Å². The number of amides is 1. The lowest BCUT2D eigenvalue weighted by Gasteiger charge is -2.11. The van der Waals surface area contributed by atoms with Crippen molar-refractivity contribution in [1.29, 1.82) is 0 Å². The maximum atomic E-state index is 12.4. The van der Waals surface area contributed by atoms with E-state index in [0.29, 0.717) is 17.5 Å². The quantitative estimate of drug-likeness (QED) is 0.433. The minimum Gasteiger partial charge on any atom is -0.497 e. The van der Waals surface area contributed by atoms with E-state index < -0.39 is 0 Å². The number of methoxy groups -OCH3 is 1. The molecule has 4 rings (SSSR count). The van der Waals surface area contributed by atoms with Crippen molar-refractivity contribution in [2.75, 3.05) is 12.9 Å². The monoisotopic (exact) mass is 432 g/mol. The minimum atomic E-state index is -0.0700. The van der Waals surface area contributed by atoms with Gasteiger partial charge in [-0.25, -0.2) is 4.98 Å². The van der Waals surface area contributed by atoms with Crippen molar-refractivity contribution in [2.24, 2.45) is 0 Å². The maximum absolute atomic E-state index is 12.4. The number of benzene rings is 2. The Bertz CT molecular complexity index is 1150. The molecule has 0 spiro atoms. The molecule has 8 heteroatoms. The molecule has 156 valence electrons. The number of nitrogens with one attached hydrogen (secondary N) is 2. The largest absolute Gasteiger partial charge is 0.497 e. The summed E-state index contributed by atoms with van der Waals surface area (Å²) in [5, 5.41) is 12.3. The lowest BCUT2D eigenvalue weighted by molar-refractivity contribution is -0.378. The van der Waals surface area contributed by atoms with E-state index in [0.717, 1.165) is 22.6 Å². The zero-order chi connectivity index (χ0) is 21.5. The Kier molecular flexibility index (Phi) is 6.59. The fourth-order valence-corrected chi connectivity index (χ4v) is 3.83. The molecule has 0 atom stereocenters. The molecule has 0 unspecified atom stereocenters. The normalized spacial score (nSPS) is 10.6. The molecular weight excluding hydrogens is 410 g/mol. The van der Waals surface area contributed by atoms with E-state index in [1.807, 2.05) is 83.7 Å². The van der Waals surface area contributed by atoms with Gasteiger partial charge < -0.3 is 10.1 Å². The number of para-hydroxylation sites is 1. The van der Waals surface area contributed by atoms with Crippen LogP contribution in [0.5, 0.6) is 5.75 Å². The Balaban J connectivity index is 1.55. The van der Waals surface area contributed by atoms with Crippen LogP contribution in [0.1, 0.15) is 5.56 Å². The first kappa shape index (κ1) is 20.6. The molecule has 7 nitrogen and oxygen atoms in total. The average Bonchev–Trinajstić information content (AvgIpc) is 3.26. The van der Waals surface area contributed by atoms with E-state index in [9.17, 15) is 4.79 Å². The van der Waals surface area contributed by atoms with Gasteiger partial charge in [0.25, 0.3) is 0 Å². The van der Waals surface area contributed by atoms with Gasteiger partial charge in [-0.2, -0.15) is 0 Å². The number of aromatic nitrogens is 4. The Morgan fingerprint density at radius 3 is 2.74 bits per heavy atom. The number of hydrogen-bond acceptors (Lipinski definition) is 5. The van der Waals surface area contributed by atoms with Crippen LogP contribution in [0.4, 0.5) is 0 Å². The van der Waals surface area contributed by atoms with Crippen molar-refractivity contribution in [3.8, 4) is 22.8 Å². The lowest BCUT2D eigenvalue weighted by Crippen LogP contribution is -2.25. The number of ether oxygens (including phenoxy) is 1. The summed E-state index contributed by atoms with van der Waals surface area (Å²) in [6.07, 6.45) is 3.69. The van der Waals surface area contributed by atoms with Gasteiger partial charge in [0.15, 0.2) is 23.4 Å². The molecule has 2 aromatic carbocycles. The van der Waals surface area contributed by atoms with Crippen LogP contribution in [0.2, 0.25) is 0 Å². The predicted molar refractivity (Wildman–Crippen MR) is 119 cm³/mol. The first-order chi connectivity index (χ1) is 15.2. The third kappa shape index (κ3) is 5.10. The SMILES string of the molecule is COc1cccc(-c2nnc(SCC(=O)NCc3ccc[nH+]c3)n2-c2ccccc2)c1. The molecule has 1 amide bonds. The molecule has 0 aliphatic carbocycles. The molecule has 31 heavy (non-hydrogen) atoms. The standard InChI is InChI=1S/C23H21N5O2S/c1-30-20-11-5-8-18(13-20)22-26-27-23(28(22)19-9-3-2-4-10-19)31-16-21(29)25-15-17-7-6-12-24-14-17/h2-14H,15-16H2,1H3,(H,25,29)/p+1. The van der Waals surface area contributed by atoms with E-state index in [2.05, 4.69) is 20.5 Å². The van der Waals surface area contributed by atoms with E-state index in [1.165, 1.54) is 11.8 Å². The summed E-state index contributed by atoms with van der Waals surface area (Å²) in [5.74, 6) is 1.60. The Morgan fingerprint density at radius 1 is 1.10 bits per heavy atom. The van der Waals surface area contributed by atoms with Crippen LogP contribution in [0.3, 0.4) is 0 Å². The average molecular weight is 433 g/mol. The van der Waals surface area contributed by atoms with Crippen molar-refractivity contribution >= 4 is 17.7 Å². The maximum Gasteiger partial charge on any atom is 0.230 e. The zero-order valence-electron chi connectivity index (χ0n) is 17.0. The van der Waals surface area contributed by atoms with E-state index >= 15 is 0 Å². The van der Waals surface area contributed by atoms with Crippen molar-refractivity contribution in [1.82, 2.24) is 20.1 Å². The molecule has 4 aromatic rings. The summed E-state index contributed by atoms with van der Waals surface area (Å²) < 4.78 is 7.31. The van der Waals surface area contributed by atoms with Crippen molar-refractivity contribution in [2.45, 2.75) is 11.7 Å². The Hall–Kier alpha value is -3.65. The molecule has 0 aliphatic rings. The van der Waals surface area contributed by atoms with Crippen LogP contribution in [0, 0.1) is 0 Å². The number of rotatable bonds is 8. The lowest BCUT2D eigenvalue weighted by atomic mass is 10.2. The van der Waals surface area contributed by atoms with Gasteiger partial charge in [0.2, 0.25) is 5.91 Å². The number of carbonyl (C=O) groups is 1. The van der Waals surface area contributed by atoms with Gasteiger partial charge in [-0.3, -0.25) is 9.36 Å². The summed E-state index contributed by atoms with van der Waals surface area (Å²) in [6, 6.07) is 21.4. The second kappa shape index (κ2) is 9.90. The molecule has 2 N–H and O–H groups in total. The van der Waals surface area contributed by atoms with Crippen LogP contribution >= 0.6 is 11.8 Å². The molecule has 0 bridgehead atoms. The number of carbonyl (C=O) groups excluding carboxylic acids is 1. The smallest absolute Gasteiger partial charge is 0.230 e. The van der Waals surface area contributed by atoms with Gasteiger partial charge in [-0.05, 0) is 30.3 Å². The second-order valence-electron chi connectivity index (χ2n) is 6.69. The fourth-order valence-electron chi connectivity index (χ4n) is 3.04. The number of pyridine rings is 1. The highest BCUT2D eigenvalue weighted by Gasteiger charge is 2.17. The summed E-state index contributed by atoms with van der Waals surface area (Å²) >= 11 is 1.35. The summed E-state index contributed by atoms with van der Waals surface area (Å²) in [6.45, 7) is 0.469. The second-order valence-corrected chi connectivity index (χ2v) is 7.63. The van der Waals surface area contributed by atoms with Crippen LogP contribution in [-0.2, 0) is 11.3 Å². The van der Waals surface area contributed by atoms with Crippen LogP contribution < -0.4 is 15.0 Å². The first-order valence-electron chi connectivity index (χ1n) is 9.74. The van der Waals surface area contributed by atoms with E-state index in [1.54, 1.807) is 7.11 Å². The fraction of sp³-hybridized carbons (Fsp3) is 0.130. The molecule has 2 aromatic heterocycles. The number of aromatic amines is 1. The van der Waals surface area contributed by atoms with Gasteiger partial charge >= 0.3 is 0 Å². The van der Waals surface area contributed by atoms with Gasteiger partial charge in [0, 0.05) is 29.4 Å². The van der Waals surface area contributed by atoms with E-state index in [4.69, 9.17) is 4.74 Å². The van der Waals surface area contributed by atoms with Gasteiger partial charge in [0.05, 0.1) is 12.9 Å². The number of nitrogens with zero attached hydrogens (tertiary/aromatic N) is 3. The Morgan fingerprint density at radius 2 is 1.97 bits per heavy atom. The highest BCUT2D eigenvalue weighted by molar-refractivity contribution is 7.99. The summed E-state index contributed by atoms with van der Waals surface area (Å²) in [4.78, 5) is 15.4. The molecule has 0 fully saturated rings. The van der Waals surface area contributed by atoms with Gasteiger partial charge in [0.1, 0.15) is 5.75 Å². The van der Waals surface area contributed by atoms with Crippen molar-refractivity contribution < 1.29 is 14.5 Å². The molecule has 0 aliphatic heterocycles. The molecule has 0 saturated heterocycles. The third-order valence-electron chi connectivity index (χ3n) is 4.57.